The Kier molecular flexibility index (Phi) is 4.11. The SMILES string of the molecule is C#CCNC(=O)/C=C/c1ccc(F)cc1. The number of benzene rings is 1. The lowest BCUT2D eigenvalue weighted by Crippen LogP contribution is -2.20. The Morgan fingerprint density at radius 1 is 1.47 bits per heavy atom. The summed E-state index contributed by atoms with van der Waals surface area (Å²) in [6.45, 7) is 0.201. The Balaban J connectivity index is 2.54. The molecule has 0 radical (unpaired) electrons. The summed E-state index contributed by atoms with van der Waals surface area (Å²) in [6, 6.07) is 5.83. The maximum absolute atomic E-state index is 12.5. The molecule has 1 amide bonds. The standard InChI is InChI=1S/C12H10FNO/c1-2-9-14-12(15)8-5-10-3-6-11(13)7-4-10/h1,3-8H,9H2,(H,14,15)/b8-5+. The van der Waals surface area contributed by atoms with Crippen molar-refractivity contribution in [3.63, 3.8) is 0 Å². The molecule has 1 aromatic carbocycles. The summed E-state index contributed by atoms with van der Waals surface area (Å²) in [6.07, 6.45) is 7.91. The van der Waals surface area contributed by atoms with Crippen molar-refractivity contribution in [1.29, 1.82) is 0 Å². The molecule has 0 aliphatic rings. The van der Waals surface area contributed by atoms with E-state index in [1.54, 1.807) is 18.2 Å². The van der Waals surface area contributed by atoms with E-state index in [0.29, 0.717) is 0 Å². The van der Waals surface area contributed by atoms with Gasteiger partial charge in [-0.15, -0.1) is 6.42 Å². The first-order chi connectivity index (χ1) is 7.22. The molecule has 0 atom stereocenters. The Labute approximate surface area is 87.8 Å². The minimum Gasteiger partial charge on any atom is -0.342 e. The van der Waals surface area contributed by atoms with Crippen molar-refractivity contribution < 1.29 is 9.18 Å². The molecule has 0 bridgehead atoms. The first kappa shape index (κ1) is 11.0. The fourth-order valence-electron chi connectivity index (χ4n) is 0.943. The first-order valence-corrected chi connectivity index (χ1v) is 4.37. The van der Waals surface area contributed by atoms with Gasteiger partial charge in [-0.05, 0) is 23.8 Å². The summed E-state index contributed by atoms with van der Waals surface area (Å²) < 4.78 is 12.5. The zero-order chi connectivity index (χ0) is 11.1. The predicted octanol–water partition coefficient (Wildman–Crippen LogP) is 1.59. The van der Waals surface area contributed by atoms with Crippen molar-refractivity contribution in [3.8, 4) is 12.3 Å². The number of amides is 1. The first-order valence-electron chi connectivity index (χ1n) is 4.37. The summed E-state index contributed by atoms with van der Waals surface area (Å²) in [5.74, 6) is 1.72. The minimum absolute atomic E-state index is 0.201. The van der Waals surface area contributed by atoms with Crippen LogP contribution < -0.4 is 5.32 Å². The van der Waals surface area contributed by atoms with E-state index >= 15 is 0 Å². The van der Waals surface area contributed by atoms with Crippen LogP contribution in [0.4, 0.5) is 4.39 Å². The Morgan fingerprint density at radius 3 is 2.73 bits per heavy atom. The van der Waals surface area contributed by atoms with Gasteiger partial charge in [0.25, 0.3) is 0 Å². The molecule has 0 unspecified atom stereocenters. The van der Waals surface area contributed by atoms with Crippen molar-refractivity contribution in [2.24, 2.45) is 0 Å². The van der Waals surface area contributed by atoms with Gasteiger partial charge in [0.15, 0.2) is 0 Å². The molecule has 0 heterocycles. The molecule has 0 aliphatic carbocycles. The molecule has 0 aromatic heterocycles. The Morgan fingerprint density at radius 2 is 2.13 bits per heavy atom. The molecule has 0 spiro atoms. The van der Waals surface area contributed by atoms with E-state index in [1.807, 2.05) is 0 Å². The van der Waals surface area contributed by atoms with E-state index < -0.39 is 0 Å². The second kappa shape index (κ2) is 5.61. The summed E-state index contributed by atoms with van der Waals surface area (Å²) >= 11 is 0. The van der Waals surface area contributed by atoms with Crippen LogP contribution in [0.1, 0.15) is 5.56 Å². The van der Waals surface area contributed by atoms with Gasteiger partial charge in [0.05, 0.1) is 6.54 Å². The van der Waals surface area contributed by atoms with E-state index in [2.05, 4.69) is 11.2 Å². The van der Waals surface area contributed by atoms with Crippen LogP contribution in [-0.4, -0.2) is 12.5 Å². The van der Waals surface area contributed by atoms with Crippen LogP contribution >= 0.6 is 0 Å². The molecule has 2 nitrogen and oxygen atoms in total. The van der Waals surface area contributed by atoms with E-state index in [4.69, 9.17) is 6.42 Å². The van der Waals surface area contributed by atoms with Gasteiger partial charge in [-0.2, -0.15) is 0 Å². The van der Waals surface area contributed by atoms with E-state index in [1.165, 1.54) is 18.2 Å². The largest absolute Gasteiger partial charge is 0.342 e. The number of carbonyl (C=O) groups excluding carboxylic acids is 1. The van der Waals surface area contributed by atoms with Crippen molar-refractivity contribution >= 4 is 12.0 Å². The number of hydrogen-bond acceptors (Lipinski definition) is 1. The van der Waals surface area contributed by atoms with Gasteiger partial charge in [0.1, 0.15) is 5.82 Å². The lowest BCUT2D eigenvalue weighted by atomic mass is 10.2. The second-order valence-corrected chi connectivity index (χ2v) is 2.81. The van der Waals surface area contributed by atoms with Gasteiger partial charge in [-0.25, -0.2) is 4.39 Å². The number of carbonyl (C=O) groups is 1. The maximum atomic E-state index is 12.5. The molecule has 0 saturated carbocycles. The van der Waals surface area contributed by atoms with Gasteiger partial charge < -0.3 is 5.32 Å². The highest BCUT2D eigenvalue weighted by Crippen LogP contribution is 2.04. The third-order valence-electron chi connectivity index (χ3n) is 1.66. The summed E-state index contributed by atoms with van der Waals surface area (Å²) in [7, 11) is 0. The average molecular weight is 203 g/mol. The van der Waals surface area contributed by atoms with Crippen LogP contribution in [0.5, 0.6) is 0 Å². The Bertz CT molecular complexity index is 401. The smallest absolute Gasteiger partial charge is 0.244 e. The van der Waals surface area contributed by atoms with E-state index in [0.717, 1.165) is 5.56 Å². The molecule has 1 rings (SSSR count). The minimum atomic E-state index is -0.302. The highest BCUT2D eigenvalue weighted by molar-refractivity contribution is 5.91. The molecule has 3 heteroatoms. The summed E-state index contributed by atoms with van der Waals surface area (Å²) in [4.78, 5) is 11.1. The number of nitrogens with one attached hydrogen (secondary N) is 1. The molecule has 0 saturated heterocycles. The van der Waals surface area contributed by atoms with E-state index in [9.17, 15) is 9.18 Å². The molecular formula is C12H10FNO. The molecule has 0 fully saturated rings. The van der Waals surface area contributed by atoms with Crippen LogP contribution in [0, 0.1) is 18.2 Å². The van der Waals surface area contributed by atoms with Gasteiger partial charge in [0.2, 0.25) is 5.91 Å². The third kappa shape index (κ3) is 4.10. The topological polar surface area (TPSA) is 29.1 Å². The fraction of sp³-hybridized carbons (Fsp3) is 0.0833. The summed E-state index contributed by atoms with van der Waals surface area (Å²) in [5, 5.41) is 2.48. The normalized spacial score (nSPS) is 9.87. The number of hydrogen-bond donors (Lipinski definition) is 1. The molecule has 0 aliphatic heterocycles. The van der Waals surface area contributed by atoms with Crippen LogP contribution in [-0.2, 0) is 4.79 Å². The number of rotatable bonds is 3. The molecule has 76 valence electrons. The lowest BCUT2D eigenvalue weighted by Gasteiger charge is -1.95. The number of halogens is 1. The van der Waals surface area contributed by atoms with Crippen LogP contribution in [0.15, 0.2) is 30.3 Å². The van der Waals surface area contributed by atoms with Gasteiger partial charge in [-0.1, -0.05) is 18.1 Å². The summed E-state index contributed by atoms with van der Waals surface area (Å²) in [5.41, 5.74) is 0.757. The molecular weight excluding hydrogens is 193 g/mol. The quantitative estimate of drug-likeness (QED) is 0.586. The lowest BCUT2D eigenvalue weighted by molar-refractivity contribution is -0.116. The van der Waals surface area contributed by atoms with Gasteiger partial charge in [0, 0.05) is 6.08 Å². The van der Waals surface area contributed by atoms with Crippen LogP contribution in [0.2, 0.25) is 0 Å². The van der Waals surface area contributed by atoms with Crippen molar-refractivity contribution in [3.05, 3.63) is 41.7 Å². The molecule has 15 heavy (non-hydrogen) atoms. The maximum Gasteiger partial charge on any atom is 0.244 e. The Hall–Kier alpha value is -2.08. The molecule has 1 N–H and O–H groups in total. The van der Waals surface area contributed by atoms with Crippen LogP contribution in [0.3, 0.4) is 0 Å². The second-order valence-electron chi connectivity index (χ2n) is 2.81. The predicted molar refractivity (Wildman–Crippen MR) is 57.3 cm³/mol. The highest BCUT2D eigenvalue weighted by atomic mass is 19.1. The van der Waals surface area contributed by atoms with Crippen molar-refractivity contribution in [2.45, 2.75) is 0 Å². The third-order valence-corrected chi connectivity index (χ3v) is 1.66. The van der Waals surface area contributed by atoms with Crippen LogP contribution in [0.25, 0.3) is 6.08 Å². The van der Waals surface area contributed by atoms with Crippen molar-refractivity contribution in [1.82, 2.24) is 5.32 Å². The molecule has 1 aromatic rings. The fourth-order valence-corrected chi connectivity index (χ4v) is 0.943. The monoisotopic (exact) mass is 203 g/mol. The van der Waals surface area contributed by atoms with Crippen molar-refractivity contribution in [2.75, 3.05) is 6.54 Å². The van der Waals surface area contributed by atoms with Gasteiger partial charge >= 0.3 is 0 Å². The number of terminal acetylenes is 1. The zero-order valence-electron chi connectivity index (χ0n) is 8.03. The van der Waals surface area contributed by atoms with Gasteiger partial charge in [-0.3, -0.25) is 4.79 Å². The average Bonchev–Trinajstić information content (AvgIpc) is 2.25. The zero-order valence-corrected chi connectivity index (χ0v) is 8.03. The van der Waals surface area contributed by atoms with E-state index in [-0.39, 0.29) is 18.3 Å². The highest BCUT2D eigenvalue weighted by Gasteiger charge is 1.92.